The van der Waals surface area contributed by atoms with Crippen molar-refractivity contribution in [2.24, 2.45) is 0 Å². The number of benzene rings is 9. The lowest BCUT2D eigenvalue weighted by molar-refractivity contribution is 0.669. The lowest BCUT2D eigenvalue weighted by atomic mass is 9.96. The van der Waals surface area contributed by atoms with Gasteiger partial charge in [0.2, 0.25) is 0 Å². The third kappa shape index (κ3) is 5.28. The van der Waals surface area contributed by atoms with Crippen LogP contribution in [0.3, 0.4) is 0 Å². The van der Waals surface area contributed by atoms with Crippen molar-refractivity contribution in [2.75, 3.05) is 4.90 Å². The molecule has 0 spiro atoms. The second kappa shape index (κ2) is 12.6. The van der Waals surface area contributed by atoms with Crippen LogP contribution in [0.5, 0.6) is 0 Å². The molecule has 0 fully saturated rings. The van der Waals surface area contributed by atoms with Crippen LogP contribution in [-0.2, 0) is 0 Å². The highest BCUT2D eigenvalue weighted by molar-refractivity contribution is 6.16. The van der Waals surface area contributed by atoms with Crippen LogP contribution in [-0.4, -0.2) is 0 Å². The van der Waals surface area contributed by atoms with Gasteiger partial charge < -0.3 is 13.7 Å². The van der Waals surface area contributed by atoms with Crippen LogP contribution in [0.1, 0.15) is 0 Å². The van der Waals surface area contributed by atoms with Crippen molar-refractivity contribution in [2.45, 2.75) is 0 Å². The first-order valence-electron chi connectivity index (χ1n) is 18.7. The third-order valence-electron chi connectivity index (χ3n) is 10.9. The molecule has 3 nitrogen and oxygen atoms in total. The summed E-state index contributed by atoms with van der Waals surface area (Å²) in [7, 11) is 0. The van der Waals surface area contributed by atoms with E-state index in [-0.39, 0.29) is 0 Å². The Balaban J connectivity index is 1.07. The number of hydrogen-bond donors (Lipinski definition) is 0. The summed E-state index contributed by atoms with van der Waals surface area (Å²) in [5, 5.41) is 6.86. The zero-order valence-electron chi connectivity index (χ0n) is 29.8. The summed E-state index contributed by atoms with van der Waals surface area (Å²) in [5.74, 6) is 0. The molecule has 0 aliphatic rings. The summed E-state index contributed by atoms with van der Waals surface area (Å²) in [5.41, 5.74) is 13.6. The first-order chi connectivity index (χ1) is 27.2. The fourth-order valence-electron chi connectivity index (χ4n) is 8.20. The van der Waals surface area contributed by atoms with Crippen LogP contribution in [0, 0.1) is 0 Å². The second-order valence-corrected chi connectivity index (χ2v) is 14.1. The molecule has 0 radical (unpaired) electrons. The van der Waals surface area contributed by atoms with Crippen LogP contribution < -0.4 is 4.90 Å². The largest absolute Gasteiger partial charge is 0.456 e. The van der Waals surface area contributed by atoms with Crippen molar-refractivity contribution >= 4 is 71.7 Å². The van der Waals surface area contributed by atoms with Gasteiger partial charge in [-0.05, 0) is 105 Å². The van der Waals surface area contributed by atoms with E-state index >= 15 is 0 Å². The Bertz CT molecular complexity index is 3190. The highest BCUT2D eigenvalue weighted by atomic mass is 16.3. The molecule has 0 aliphatic carbocycles. The highest BCUT2D eigenvalue weighted by Gasteiger charge is 2.21. The lowest BCUT2D eigenvalue weighted by Gasteiger charge is -2.28. The first-order valence-corrected chi connectivity index (χ1v) is 18.7. The van der Waals surface area contributed by atoms with E-state index in [2.05, 4.69) is 193 Å². The first kappa shape index (κ1) is 31.2. The van der Waals surface area contributed by atoms with Gasteiger partial charge in [0.15, 0.2) is 0 Å². The minimum Gasteiger partial charge on any atom is -0.456 e. The molecule has 11 aromatic rings. The minimum absolute atomic E-state index is 0.877. The van der Waals surface area contributed by atoms with E-state index in [1.807, 2.05) is 12.1 Å². The molecule has 0 N–H and O–H groups in total. The van der Waals surface area contributed by atoms with E-state index in [9.17, 15) is 0 Å². The van der Waals surface area contributed by atoms with E-state index < -0.39 is 0 Å². The molecule has 11 rings (SSSR count). The Morgan fingerprint density at radius 2 is 0.855 bits per heavy atom. The Labute approximate surface area is 317 Å². The van der Waals surface area contributed by atoms with Gasteiger partial charge in [0.1, 0.15) is 22.3 Å². The zero-order valence-corrected chi connectivity index (χ0v) is 29.8. The molecular weight excluding hydrogens is 671 g/mol. The Morgan fingerprint density at radius 3 is 1.65 bits per heavy atom. The predicted octanol–water partition coefficient (Wildman–Crippen LogP) is 15.1. The highest BCUT2D eigenvalue weighted by Crippen LogP contribution is 2.46. The van der Waals surface area contributed by atoms with Gasteiger partial charge in [-0.15, -0.1) is 0 Å². The Kier molecular flexibility index (Phi) is 7.17. The number of rotatable bonds is 6. The maximum Gasteiger partial charge on any atom is 0.136 e. The van der Waals surface area contributed by atoms with Gasteiger partial charge in [0.05, 0.1) is 5.69 Å². The van der Waals surface area contributed by atoms with Crippen molar-refractivity contribution in [3.8, 4) is 33.4 Å². The molecule has 0 amide bonds. The molecule has 0 atom stereocenters. The van der Waals surface area contributed by atoms with Crippen LogP contribution >= 0.6 is 0 Å². The van der Waals surface area contributed by atoms with Crippen molar-refractivity contribution in [1.29, 1.82) is 0 Å². The van der Waals surface area contributed by atoms with Gasteiger partial charge >= 0.3 is 0 Å². The molecule has 55 heavy (non-hydrogen) atoms. The van der Waals surface area contributed by atoms with E-state index in [1.165, 1.54) is 21.9 Å². The monoisotopic (exact) mass is 703 g/mol. The predicted molar refractivity (Wildman–Crippen MR) is 229 cm³/mol. The molecule has 0 aliphatic heterocycles. The van der Waals surface area contributed by atoms with Crippen molar-refractivity contribution < 1.29 is 8.83 Å². The summed E-state index contributed by atoms with van der Waals surface area (Å²) in [4.78, 5) is 2.37. The zero-order chi connectivity index (χ0) is 36.3. The van der Waals surface area contributed by atoms with Gasteiger partial charge in [-0.1, -0.05) is 133 Å². The molecule has 0 saturated heterocycles. The molecule has 3 heteroatoms. The summed E-state index contributed by atoms with van der Waals surface area (Å²) < 4.78 is 12.8. The van der Waals surface area contributed by atoms with Crippen molar-refractivity contribution in [3.05, 3.63) is 200 Å². The van der Waals surface area contributed by atoms with Crippen molar-refractivity contribution in [1.82, 2.24) is 0 Å². The summed E-state index contributed by atoms with van der Waals surface area (Å²) >= 11 is 0. The summed E-state index contributed by atoms with van der Waals surface area (Å²) in [6, 6.07) is 71.0. The number of furan rings is 2. The molecule has 0 saturated carbocycles. The number of para-hydroxylation sites is 2. The van der Waals surface area contributed by atoms with Crippen LogP contribution in [0.15, 0.2) is 209 Å². The van der Waals surface area contributed by atoms with Gasteiger partial charge in [0, 0.05) is 38.5 Å². The second-order valence-electron chi connectivity index (χ2n) is 14.1. The number of nitrogens with zero attached hydrogens (tertiary/aromatic N) is 1. The van der Waals surface area contributed by atoms with E-state index in [0.717, 1.165) is 83.2 Å². The van der Waals surface area contributed by atoms with Crippen LogP contribution in [0.4, 0.5) is 17.1 Å². The average Bonchev–Trinajstić information content (AvgIpc) is 3.81. The lowest BCUT2D eigenvalue weighted by Crippen LogP contribution is -2.11. The average molecular weight is 704 g/mol. The molecule has 9 aromatic carbocycles. The molecule has 258 valence electrons. The summed E-state index contributed by atoms with van der Waals surface area (Å²) in [6.07, 6.45) is 0. The molecular formula is C52H33NO2. The van der Waals surface area contributed by atoms with Crippen LogP contribution in [0.25, 0.3) is 88.0 Å². The minimum atomic E-state index is 0.877. The van der Waals surface area contributed by atoms with Gasteiger partial charge in [-0.3, -0.25) is 0 Å². The van der Waals surface area contributed by atoms with Crippen molar-refractivity contribution in [3.63, 3.8) is 0 Å². The van der Waals surface area contributed by atoms with E-state index in [4.69, 9.17) is 8.83 Å². The number of anilines is 3. The fourth-order valence-corrected chi connectivity index (χ4v) is 8.20. The van der Waals surface area contributed by atoms with Gasteiger partial charge in [0.25, 0.3) is 0 Å². The molecule has 0 bridgehead atoms. The number of fused-ring (bicyclic) bond motifs is 7. The SMILES string of the molecule is c1ccc(-c2ccc(N(c3ccc(-c4ccc5c(c4)oc4ccccc45)cc3)c3ccccc3-c3cccc4oc5cc6ccccc6cc5c34)cc2)cc1. The van der Waals surface area contributed by atoms with Gasteiger partial charge in [-0.25, -0.2) is 0 Å². The molecule has 2 aromatic heterocycles. The fraction of sp³-hybridized carbons (Fsp3) is 0. The maximum atomic E-state index is 6.53. The normalized spacial score (nSPS) is 11.6. The topological polar surface area (TPSA) is 29.5 Å². The van der Waals surface area contributed by atoms with Gasteiger partial charge in [-0.2, -0.15) is 0 Å². The number of hydrogen-bond acceptors (Lipinski definition) is 3. The summed E-state index contributed by atoms with van der Waals surface area (Å²) in [6.45, 7) is 0. The third-order valence-corrected chi connectivity index (χ3v) is 10.9. The Hall–Kier alpha value is -7.36. The quantitative estimate of drug-likeness (QED) is 0.173. The standard InChI is InChI=1S/C52H33NO2/c1-2-11-34(12-3-1)35-21-26-40(27-22-35)53(41-28-23-36(24-29-41)39-25-30-44-43-16-7-9-19-48(43)54-50(44)33-39)47-18-8-6-15-42(47)45-17-10-20-49-52(45)46-31-37-13-4-5-14-38(37)32-51(46)55-49/h1-33H. The maximum absolute atomic E-state index is 6.53. The molecule has 2 heterocycles. The van der Waals surface area contributed by atoms with E-state index in [0.29, 0.717) is 0 Å². The molecule has 0 unspecified atom stereocenters. The van der Waals surface area contributed by atoms with Crippen LogP contribution in [0.2, 0.25) is 0 Å². The Morgan fingerprint density at radius 1 is 0.309 bits per heavy atom. The smallest absolute Gasteiger partial charge is 0.136 e. The van der Waals surface area contributed by atoms with E-state index in [1.54, 1.807) is 0 Å².